The van der Waals surface area contributed by atoms with E-state index in [4.69, 9.17) is 17.3 Å². The van der Waals surface area contributed by atoms with Crippen LogP contribution in [0.15, 0.2) is 6.07 Å². The van der Waals surface area contributed by atoms with Crippen molar-refractivity contribution < 1.29 is 17.9 Å². The Bertz CT molecular complexity index is 347. The van der Waals surface area contributed by atoms with Gasteiger partial charge in [-0.3, -0.25) is 0 Å². The molecule has 0 aromatic carbocycles. The molecule has 98 valence electrons. The van der Waals surface area contributed by atoms with Crippen molar-refractivity contribution in [3.05, 3.63) is 20.8 Å². The molecule has 0 spiro atoms. The maximum absolute atomic E-state index is 11.8. The lowest BCUT2D eigenvalue weighted by atomic mass is 10.2. The summed E-state index contributed by atoms with van der Waals surface area (Å²) in [4.78, 5) is 0.864. The Morgan fingerprint density at radius 3 is 2.65 bits per heavy atom. The molecule has 2 nitrogen and oxygen atoms in total. The quantitative estimate of drug-likeness (QED) is 0.839. The predicted molar refractivity (Wildman–Crippen MR) is 62.5 cm³/mol. The molecule has 0 saturated carbocycles. The molecule has 1 unspecified atom stereocenters. The lowest BCUT2D eigenvalue weighted by molar-refractivity contribution is -0.174. The number of rotatable bonds is 5. The molecule has 1 aromatic heterocycles. The Morgan fingerprint density at radius 2 is 2.18 bits per heavy atom. The standard InChI is InChI=1S/C10H13ClF3NOS/c1-6-4-8(17-9(6)11)7(15)2-3-16-5-10(12,13)14/h4,7H,2-3,5,15H2,1H3. The Balaban J connectivity index is 2.33. The van der Waals surface area contributed by atoms with Gasteiger partial charge in [-0.15, -0.1) is 11.3 Å². The van der Waals surface area contributed by atoms with Crippen LogP contribution in [0, 0.1) is 6.92 Å². The first-order valence-corrected chi connectivity index (χ1v) is 6.15. The van der Waals surface area contributed by atoms with Crippen LogP contribution in [0.4, 0.5) is 13.2 Å². The summed E-state index contributed by atoms with van der Waals surface area (Å²) in [7, 11) is 0. The van der Waals surface area contributed by atoms with E-state index in [-0.39, 0.29) is 12.6 Å². The van der Waals surface area contributed by atoms with Crippen molar-refractivity contribution in [2.45, 2.75) is 25.6 Å². The number of hydrogen-bond acceptors (Lipinski definition) is 3. The lowest BCUT2D eigenvalue weighted by Crippen LogP contribution is -2.19. The third-order valence-corrected chi connectivity index (χ3v) is 3.77. The van der Waals surface area contributed by atoms with Crippen molar-refractivity contribution in [1.29, 1.82) is 0 Å². The molecule has 0 radical (unpaired) electrons. The second-order valence-electron chi connectivity index (χ2n) is 3.67. The molecule has 0 aliphatic heterocycles. The van der Waals surface area contributed by atoms with E-state index in [1.807, 2.05) is 13.0 Å². The fraction of sp³-hybridized carbons (Fsp3) is 0.600. The van der Waals surface area contributed by atoms with Gasteiger partial charge in [-0.1, -0.05) is 11.6 Å². The zero-order valence-corrected chi connectivity index (χ0v) is 10.8. The Hall–Kier alpha value is -0.300. The predicted octanol–water partition coefficient (Wildman–Crippen LogP) is 3.68. The average Bonchev–Trinajstić information content (AvgIpc) is 2.52. The first kappa shape index (κ1) is 14.8. The third kappa shape index (κ3) is 5.25. The van der Waals surface area contributed by atoms with Gasteiger partial charge in [0.2, 0.25) is 0 Å². The number of aryl methyl sites for hydroxylation is 1. The molecule has 0 aliphatic carbocycles. The second-order valence-corrected chi connectivity index (χ2v) is 5.35. The number of ether oxygens (including phenoxy) is 1. The van der Waals surface area contributed by atoms with Crippen molar-refractivity contribution in [2.75, 3.05) is 13.2 Å². The molecule has 1 heterocycles. The van der Waals surface area contributed by atoms with Crippen molar-refractivity contribution in [3.63, 3.8) is 0 Å². The fourth-order valence-corrected chi connectivity index (χ4v) is 2.46. The van der Waals surface area contributed by atoms with E-state index in [0.29, 0.717) is 10.8 Å². The largest absolute Gasteiger partial charge is 0.411 e. The first-order valence-electron chi connectivity index (χ1n) is 4.95. The Labute approximate surface area is 107 Å². The van der Waals surface area contributed by atoms with Gasteiger partial charge >= 0.3 is 6.18 Å². The second kappa shape index (κ2) is 6.04. The number of thiophene rings is 1. The van der Waals surface area contributed by atoms with Crippen LogP contribution in [0.2, 0.25) is 4.34 Å². The summed E-state index contributed by atoms with van der Waals surface area (Å²) in [6.07, 6.45) is -3.95. The minimum absolute atomic E-state index is 0.0186. The monoisotopic (exact) mass is 287 g/mol. The average molecular weight is 288 g/mol. The molecular formula is C10H13ClF3NOS. The molecule has 1 atom stereocenters. The topological polar surface area (TPSA) is 35.2 Å². The Kier molecular flexibility index (Phi) is 5.24. The van der Waals surface area contributed by atoms with Crippen LogP contribution in [0.3, 0.4) is 0 Å². The number of hydrogen-bond donors (Lipinski definition) is 1. The third-order valence-electron chi connectivity index (χ3n) is 2.08. The van der Waals surface area contributed by atoms with Gasteiger partial charge in [-0.25, -0.2) is 0 Å². The number of nitrogens with two attached hydrogens (primary N) is 1. The SMILES string of the molecule is Cc1cc(C(N)CCOCC(F)(F)F)sc1Cl. The van der Waals surface area contributed by atoms with Gasteiger partial charge in [-0.2, -0.15) is 13.2 Å². The molecule has 0 saturated heterocycles. The highest BCUT2D eigenvalue weighted by molar-refractivity contribution is 7.16. The van der Waals surface area contributed by atoms with E-state index in [0.717, 1.165) is 10.4 Å². The van der Waals surface area contributed by atoms with Gasteiger partial charge in [0.25, 0.3) is 0 Å². The summed E-state index contributed by atoms with van der Waals surface area (Å²) in [5, 5.41) is 0. The molecule has 0 amide bonds. The molecule has 7 heteroatoms. The Morgan fingerprint density at radius 1 is 1.53 bits per heavy atom. The highest BCUT2D eigenvalue weighted by atomic mass is 35.5. The number of alkyl halides is 3. The highest BCUT2D eigenvalue weighted by Crippen LogP contribution is 2.31. The van der Waals surface area contributed by atoms with Crippen molar-refractivity contribution in [2.24, 2.45) is 5.73 Å². The van der Waals surface area contributed by atoms with Gasteiger partial charge in [0.1, 0.15) is 6.61 Å². The molecule has 0 fully saturated rings. The summed E-state index contributed by atoms with van der Waals surface area (Å²) >= 11 is 7.23. The highest BCUT2D eigenvalue weighted by Gasteiger charge is 2.27. The summed E-state index contributed by atoms with van der Waals surface area (Å²) in [6, 6.07) is 1.51. The summed E-state index contributed by atoms with van der Waals surface area (Å²) in [5.41, 5.74) is 6.75. The van der Waals surface area contributed by atoms with Gasteiger partial charge in [-0.05, 0) is 25.0 Å². The molecule has 0 bridgehead atoms. The summed E-state index contributed by atoms with van der Waals surface area (Å²) in [5.74, 6) is 0. The molecule has 17 heavy (non-hydrogen) atoms. The van der Waals surface area contributed by atoms with Crippen LogP contribution in [-0.2, 0) is 4.74 Å². The van der Waals surface area contributed by atoms with E-state index in [2.05, 4.69) is 4.74 Å². The van der Waals surface area contributed by atoms with Crippen LogP contribution in [0.5, 0.6) is 0 Å². The minimum Gasteiger partial charge on any atom is -0.372 e. The zero-order chi connectivity index (χ0) is 13.1. The van der Waals surface area contributed by atoms with Gasteiger partial charge in [0, 0.05) is 17.5 Å². The fourth-order valence-electron chi connectivity index (χ4n) is 1.21. The lowest BCUT2D eigenvalue weighted by Gasteiger charge is -2.11. The molecule has 1 rings (SSSR count). The van der Waals surface area contributed by atoms with Crippen molar-refractivity contribution in [1.82, 2.24) is 0 Å². The maximum atomic E-state index is 11.8. The van der Waals surface area contributed by atoms with Gasteiger partial charge < -0.3 is 10.5 Å². The first-order chi connectivity index (χ1) is 7.79. The summed E-state index contributed by atoms with van der Waals surface area (Å²) < 4.78 is 40.5. The van der Waals surface area contributed by atoms with Crippen LogP contribution in [0.1, 0.15) is 22.9 Å². The normalized spacial score (nSPS) is 14.0. The van der Waals surface area contributed by atoms with Crippen LogP contribution >= 0.6 is 22.9 Å². The number of halogens is 4. The smallest absolute Gasteiger partial charge is 0.372 e. The van der Waals surface area contributed by atoms with E-state index >= 15 is 0 Å². The minimum atomic E-state index is -4.28. The van der Waals surface area contributed by atoms with E-state index in [1.165, 1.54) is 11.3 Å². The van der Waals surface area contributed by atoms with E-state index in [1.54, 1.807) is 0 Å². The van der Waals surface area contributed by atoms with Crippen LogP contribution in [0.25, 0.3) is 0 Å². The van der Waals surface area contributed by atoms with Gasteiger partial charge in [0.05, 0.1) is 4.34 Å². The van der Waals surface area contributed by atoms with Crippen LogP contribution in [-0.4, -0.2) is 19.4 Å². The molecular weight excluding hydrogens is 275 g/mol. The van der Waals surface area contributed by atoms with Crippen LogP contribution < -0.4 is 5.73 Å². The molecule has 2 N–H and O–H groups in total. The van der Waals surface area contributed by atoms with Crippen molar-refractivity contribution >= 4 is 22.9 Å². The van der Waals surface area contributed by atoms with Crippen molar-refractivity contribution in [3.8, 4) is 0 Å². The van der Waals surface area contributed by atoms with E-state index < -0.39 is 12.8 Å². The molecule has 1 aromatic rings. The molecule has 0 aliphatic rings. The van der Waals surface area contributed by atoms with Gasteiger partial charge in [0.15, 0.2) is 0 Å². The zero-order valence-electron chi connectivity index (χ0n) is 9.18. The maximum Gasteiger partial charge on any atom is 0.411 e. The van der Waals surface area contributed by atoms with E-state index in [9.17, 15) is 13.2 Å². The summed E-state index contributed by atoms with van der Waals surface area (Å²) in [6.45, 7) is 0.606.